The molecule has 68 valence electrons. The van der Waals surface area contributed by atoms with E-state index >= 15 is 0 Å². The van der Waals surface area contributed by atoms with Crippen LogP contribution in [0.5, 0.6) is 0 Å². The number of imidazole rings is 1. The molecule has 0 bridgehead atoms. The molecular formula is C10H18N2. The summed E-state index contributed by atoms with van der Waals surface area (Å²) in [6.45, 7) is 6.77. The summed E-state index contributed by atoms with van der Waals surface area (Å²) in [7, 11) is 0. The number of nitrogens with zero attached hydrogens (tertiary/aromatic N) is 2. The smallest absolute Gasteiger partial charge is 0.0948 e. The highest BCUT2D eigenvalue weighted by molar-refractivity contribution is 4.78. The topological polar surface area (TPSA) is 17.8 Å². The lowest BCUT2D eigenvalue weighted by atomic mass is 10.0. The van der Waals surface area contributed by atoms with Crippen LogP contribution < -0.4 is 0 Å². The maximum atomic E-state index is 4.03. The third kappa shape index (κ3) is 2.68. The molecule has 2 heteroatoms. The normalized spacial score (nSPS) is 13.7. The average molecular weight is 166 g/mol. The summed E-state index contributed by atoms with van der Waals surface area (Å²) >= 11 is 0. The molecule has 1 aromatic heterocycles. The molecule has 1 aromatic rings. The standard InChI is InChI=1S/C10H18N2/c1-9(2)4-5-10(3)12-7-6-11-8-12/h6-10H,4-5H2,1-3H3. The van der Waals surface area contributed by atoms with Gasteiger partial charge < -0.3 is 4.57 Å². The minimum atomic E-state index is 0.592. The molecule has 0 N–H and O–H groups in total. The van der Waals surface area contributed by atoms with Crippen LogP contribution in [0.3, 0.4) is 0 Å². The van der Waals surface area contributed by atoms with Gasteiger partial charge in [0.15, 0.2) is 0 Å². The lowest BCUT2D eigenvalue weighted by Gasteiger charge is -2.13. The van der Waals surface area contributed by atoms with E-state index in [-0.39, 0.29) is 0 Å². The molecule has 0 aliphatic carbocycles. The van der Waals surface area contributed by atoms with Crippen molar-refractivity contribution in [2.75, 3.05) is 0 Å². The van der Waals surface area contributed by atoms with Gasteiger partial charge in [-0.25, -0.2) is 4.98 Å². The Kier molecular flexibility index (Phi) is 3.32. The molecule has 0 aliphatic rings. The summed E-state index contributed by atoms with van der Waals surface area (Å²) < 4.78 is 2.17. The minimum Gasteiger partial charge on any atom is -0.335 e. The molecule has 0 aliphatic heterocycles. The largest absolute Gasteiger partial charge is 0.335 e. The number of hydrogen-bond acceptors (Lipinski definition) is 1. The number of hydrogen-bond donors (Lipinski definition) is 0. The molecule has 0 saturated carbocycles. The zero-order chi connectivity index (χ0) is 8.97. The van der Waals surface area contributed by atoms with E-state index in [9.17, 15) is 0 Å². The second-order valence-corrected chi connectivity index (χ2v) is 3.83. The van der Waals surface area contributed by atoms with E-state index in [1.54, 1.807) is 0 Å². The summed E-state index contributed by atoms with van der Waals surface area (Å²) in [5, 5.41) is 0. The van der Waals surface area contributed by atoms with Crippen molar-refractivity contribution in [3.8, 4) is 0 Å². The second-order valence-electron chi connectivity index (χ2n) is 3.83. The van der Waals surface area contributed by atoms with E-state index in [1.165, 1.54) is 12.8 Å². The van der Waals surface area contributed by atoms with Crippen molar-refractivity contribution < 1.29 is 0 Å². The van der Waals surface area contributed by atoms with Crippen molar-refractivity contribution in [1.29, 1.82) is 0 Å². The lowest BCUT2D eigenvalue weighted by Crippen LogP contribution is -2.03. The van der Waals surface area contributed by atoms with Crippen molar-refractivity contribution >= 4 is 0 Å². The Morgan fingerprint density at radius 1 is 1.25 bits per heavy atom. The van der Waals surface area contributed by atoms with Crippen molar-refractivity contribution in [2.24, 2.45) is 5.92 Å². The molecule has 0 saturated heterocycles. The number of aromatic nitrogens is 2. The molecular weight excluding hydrogens is 148 g/mol. The molecule has 1 rings (SSSR count). The lowest BCUT2D eigenvalue weighted by molar-refractivity contribution is 0.439. The first-order valence-corrected chi connectivity index (χ1v) is 4.67. The zero-order valence-electron chi connectivity index (χ0n) is 8.20. The Morgan fingerprint density at radius 2 is 2.00 bits per heavy atom. The molecule has 0 aromatic carbocycles. The summed E-state index contributed by atoms with van der Waals surface area (Å²) in [5.41, 5.74) is 0. The van der Waals surface area contributed by atoms with Crippen molar-refractivity contribution in [2.45, 2.75) is 39.7 Å². The van der Waals surface area contributed by atoms with Gasteiger partial charge in [0.1, 0.15) is 0 Å². The van der Waals surface area contributed by atoms with Crippen molar-refractivity contribution in [1.82, 2.24) is 9.55 Å². The fraction of sp³-hybridized carbons (Fsp3) is 0.700. The van der Waals surface area contributed by atoms with Crippen molar-refractivity contribution in [3.05, 3.63) is 18.7 Å². The Bertz CT molecular complexity index is 202. The quantitative estimate of drug-likeness (QED) is 0.672. The van der Waals surface area contributed by atoms with Crippen LogP contribution in [0, 0.1) is 5.92 Å². The molecule has 0 fully saturated rings. The maximum Gasteiger partial charge on any atom is 0.0948 e. The second kappa shape index (κ2) is 4.29. The Hall–Kier alpha value is -0.790. The van der Waals surface area contributed by atoms with E-state index in [0.29, 0.717) is 6.04 Å². The van der Waals surface area contributed by atoms with Crippen LogP contribution in [0.25, 0.3) is 0 Å². The van der Waals surface area contributed by atoms with Gasteiger partial charge in [0.05, 0.1) is 6.33 Å². The molecule has 1 heterocycles. The van der Waals surface area contributed by atoms with Gasteiger partial charge in [0.2, 0.25) is 0 Å². The molecule has 0 radical (unpaired) electrons. The first-order chi connectivity index (χ1) is 5.70. The molecule has 12 heavy (non-hydrogen) atoms. The van der Waals surface area contributed by atoms with Crippen LogP contribution in [0.2, 0.25) is 0 Å². The molecule has 2 nitrogen and oxygen atoms in total. The predicted molar refractivity (Wildman–Crippen MR) is 51.0 cm³/mol. The summed E-state index contributed by atoms with van der Waals surface area (Å²) in [6.07, 6.45) is 8.30. The van der Waals surface area contributed by atoms with Crippen LogP contribution in [0.1, 0.15) is 39.7 Å². The summed E-state index contributed by atoms with van der Waals surface area (Å²) in [4.78, 5) is 4.03. The van der Waals surface area contributed by atoms with E-state index < -0.39 is 0 Å². The highest BCUT2D eigenvalue weighted by Crippen LogP contribution is 2.15. The van der Waals surface area contributed by atoms with E-state index in [2.05, 4.69) is 30.3 Å². The van der Waals surface area contributed by atoms with Crippen LogP contribution in [-0.4, -0.2) is 9.55 Å². The van der Waals surface area contributed by atoms with Crippen molar-refractivity contribution in [3.63, 3.8) is 0 Å². The predicted octanol–water partition coefficient (Wildman–Crippen LogP) is 2.88. The highest BCUT2D eigenvalue weighted by atomic mass is 15.0. The molecule has 1 atom stereocenters. The van der Waals surface area contributed by atoms with Gasteiger partial charge in [0, 0.05) is 18.4 Å². The monoisotopic (exact) mass is 166 g/mol. The fourth-order valence-corrected chi connectivity index (χ4v) is 1.25. The zero-order valence-corrected chi connectivity index (χ0v) is 8.20. The minimum absolute atomic E-state index is 0.592. The van der Waals surface area contributed by atoms with Gasteiger partial charge in [-0.3, -0.25) is 0 Å². The third-order valence-electron chi connectivity index (χ3n) is 2.20. The van der Waals surface area contributed by atoms with Crippen LogP contribution in [-0.2, 0) is 0 Å². The van der Waals surface area contributed by atoms with E-state index in [0.717, 1.165) is 5.92 Å². The van der Waals surface area contributed by atoms with Gasteiger partial charge in [-0.15, -0.1) is 0 Å². The molecule has 0 amide bonds. The van der Waals surface area contributed by atoms with Crippen LogP contribution in [0.15, 0.2) is 18.7 Å². The Balaban J connectivity index is 2.34. The fourth-order valence-electron chi connectivity index (χ4n) is 1.25. The van der Waals surface area contributed by atoms with Gasteiger partial charge in [-0.1, -0.05) is 13.8 Å². The van der Waals surface area contributed by atoms with E-state index in [4.69, 9.17) is 0 Å². The summed E-state index contributed by atoms with van der Waals surface area (Å²) in [5.74, 6) is 0.802. The Morgan fingerprint density at radius 3 is 2.50 bits per heavy atom. The SMILES string of the molecule is CC(C)CCC(C)n1ccnc1. The molecule has 1 unspecified atom stereocenters. The summed E-state index contributed by atoms with van der Waals surface area (Å²) in [6, 6.07) is 0.592. The maximum absolute atomic E-state index is 4.03. The van der Waals surface area contributed by atoms with Gasteiger partial charge >= 0.3 is 0 Å². The first-order valence-electron chi connectivity index (χ1n) is 4.67. The van der Waals surface area contributed by atoms with Crippen LogP contribution in [0.4, 0.5) is 0 Å². The first kappa shape index (κ1) is 9.30. The number of rotatable bonds is 4. The average Bonchev–Trinajstić information content (AvgIpc) is 2.51. The highest BCUT2D eigenvalue weighted by Gasteiger charge is 2.03. The van der Waals surface area contributed by atoms with Gasteiger partial charge in [-0.05, 0) is 25.7 Å². The Labute approximate surface area is 74.6 Å². The van der Waals surface area contributed by atoms with E-state index in [1.807, 2.05) is 18.7 Å². The molecule has 0 spiro atoms. The van der Waals surface area contributed by atoms with Crippen LogP contribution >= 0.6 is 0 Å². The third-order valence-corrected chi connectivity index (χ3v) is 2.20. The van der Waals surface area contributed by atoms with Gasteiger partial charge in [0.25, 0.3) is 0 Å². The van der Waals surface area contributed by atoms with Gasteiger partial charge in [-0.2, -0.15) is 0 Å².